The molecule has 1 aliphatic heterocycles. The van der Waals surface area contributed by atoms with E-state index in [4.69, 9.17) is 0 Å². The third kappa shape index (κ3) is 3.53. The fourth-order valence-corrected chi connectivity index (χ4v) is 2.28. The minimum absolute atomic E-state index is 0.182. The van der Waals surface area contributed by atoms with Crippen molar-refractivity contribution in [3.63, 3.8) is 0 Å². The third-order valence-corrected chi connectivity index (χ3v) is 3.19. The van der Waals surface area contributed by atoms with Crippen LogP contribution in [-0.2, 0) is 19.4 Å². The molecule has 0 aliphatic carbocycles. The van der Waals surface area contributed by atoms with Crippen LogP contribution < -0.4 is 5.32 Å². The summed E-state index contributed by atoms with van der Waals surface area (Å²) in [4.78, 5) is 0. The number of aryl methyl sites for hydroxylation is 1. The molecule has 4 heteroatoms. The van der Waals surface area contributed by atoms with Crippen molar-refractivity contribution in [2.75, 3.05) is 6.54 Å². The van der Waals surface area contributed by atoms with E-state index in [1.54, 1.807) is 0 Å². The Morgan fingerprint density at radius 3 is 2.76 bits per heavy atom. The summed E-state index contributed by atoms with van der Waals surface area (Å²) >= 11 is 0. The van der Waals surface area contributed by atoms with E-state index in [0.717, 1.165) is 31.8 Å². The lowest BCUT2D eigenvalue weighted by molar-refractivity contribution is 0.424. The van der Waals surface area contributed by atoms with Crippen LogP contribution in [0.4, 0.5) is 0 Å². The molecule has 0 unspecified atom stereocenters. The zero-order valence-corrected chi connectivity index (χ0v) is 11.3. The lowest BCUT2D eigenvalue weighted by Gasteiger charge is -2.20. The van der Waals surface area contributed by atoms with Crippen LogP contribution in [0.25, 0.3) is 0 Å². The van der Waals surface area contributed by atoms with Crippen LogP contribution in [0.1, 0.15) is 51.7 Å². The largest absolute Gasteiger partial charge is 0.315 e. The van der Waals surface area contributed by atoms with Gasteiger partial charge in [0.25, 0.3) is 0 Å². The molecular weight excluding hydrogens is 212 g/mol. The minimum atomic E-state index is 0.182. The first kappa shape index (κ1) is 12.6. The van der Waals surface area contributed by atoms with Gasteiger partial charge in [0, 0.05) is 31.5 Å². The Morgan fingerprint density at radius 2 is 2.00 bits per heavy atom. The Balaban J connectivity index is 1.95. The van der Waals surface area contributed by atoms with Crippen molar-refractivity contribution in [3.05, 3.63) is 11.6 Å². The van der Waals surface area contributed by atoms with E-state index >= 15 is 0 Å². The molecule has 0 spiro atoms. The number of fused-ring (bicyclic) bond motifs is 1. The SMILES string of the molecule is CC(C)(C)NCCc1nnc2n1CCCCC2. The van der Waals surface area contributed by atoms with Gasteiger partial charge >= 0.3 is 0 Å². The molecule has 0 saturated carbocycles. The molecule has 2 rings (SSSR count). The van der Waals surface area contributed by atoms with Gasteiger partial charge in [0.15, 0.2) is 0 Å². The van der Waals surface area contributed by atoms with Crippen LogP contribution in [0.5, 0.6) is 0 Å². The maximum Gasteiger partial charge on any atom is 0.134 e. The summed E-state index contributed by atoms with van der Waals surface area (Å²) < 4.78 is 2.33. The summed E-state index contributed by atoms with van der Waals surface area (Å²) in [6, 6.07) is 0. The first-order valence-electron chi connectivity index (χ1n) is 6.72. The van der Waals surface area contributed by atoms with Gasteiger partial charge in [0.1, 0.15) is 11.6 Å². The van der Waals surface area contributed by atoms with Crippen LogP contribution >= 0.6 is 0 Å². The van der Waals surface area contributed by atoms with Gasteiger partial charge in [-0.25, -0.2) is 0 Å². The molecule has 0 bridgehead atoms. The van der Waals surface area contributed by atoms with E-state index in [1.807, 2.05) is 0 Å². The fraction of sp³-hybridized carbons (Fsp3) is 0.846. The molecule has 4 nitrogen and oxygen atoms in total. The van der Waals surface area contributed by atoms with Gasteiger partial charge in [-0.15, -0.1) is 10.2 Å². The molecule has 0 aromatic carbocycles. The van der Waals surface area contributed by atoms with Crippen molar-refractivity contribution in [1.29, 1.82) is 0 Å². The molecule has 0 saturated heterocycles. The first-order valence-corrected chi connectivity index (χ1v) is 6.72. The second kappa shape index (κ2) is 5.17. The van der Waals surface area contributed by atoms with Gasteiger partial charge in [-0.3, -0.25) is 0 Å². The number of hydrogen-bond acceptors (Lipinski definition) is 3. The Kier molecular flexibility index (Phi) is 3.82. The molecule has 0 amide bonds. The van der Waals surface area contributed by atoms with Gasteiger partial charge in [-0.1, -0.05) is 6.42 Å². The molecule has 2 heterocycles. The van der Waals surface area contributed by atoms with E-state index < -0.39 is 0 Å². The smallest absolute Gasteiger partial charge is 0.134 e. The number of hydrogen-bond donors (Lipinski definition) is 1. The topological polar surface area (TPSA) is 42.7 Å². The van der Waals surface area contributed by atoms with Gasteiger partial charge in [-0.05, 0) is 33.6 Å². The summed E-state index contributed by atoms with van der Waals surface area (Å²) in [5.41, 5.74) is 0.182. The number of aromatic nitrogens is 3. The van der Waals surface area contributed by atoms with Crippen LogP contribution in [0.2, 0.25) is 0 Å². The second-order valence-corrected chi connectivity index (χ2v) is 5.92. The molecule has 96 valence electrons. The number of rotatable bonds is 3. The lowest BCUT2D eigenvalue weighted by Crippen LogP contribution is -2.37. The summed E-state index contributed by atoms with van der Waals surface area (Å²) in [6.45, 7) is 8.65. The summed E-state index contributed by atoms with van der Waals surface area (Å²) in [6.07, 6.45) is 5.93. The number of nitrogens with zero attached hydrogens (tertiary/aromatic N) is 3. The van der Waals surface area contributed by atoms with Crippen molar-refractivity contribution >= 4 is 0 Å². The van der Waals surface area contributed by atoms with Crippen molar-refractivity contribution < 1.29 is 0 Å². The molecular formula is C13H24N4. The maximum atomic E-state index is 4.33. The summed E-state index contributed by atoms with van der Waals surface area (Å²) in [7, 11) is 0. The molecule has 1 aromatic heterocycles. The highest BCUT2D eigenvalue weighted by molar-refractivity contribution is 4.98. The Hall–Kier alpha value is -0.900. The second-order valence-electron chi connectivity index (χ2n) is 5.92. The molecule has 17 heavy (non-hydrogen) atoms. The van der Waals surface area contributed by atoms with Crippen LogP contribution in [0.3, 0.4) is 0 Å². The first-order chi connectivity index (χ1) is 8.06. The Bertz CT molecular complexity index is 362. The molecule has 1 aliphatic rings. The average molecular weight is 236 g/mol. The molecule has 0 fully saturated rings. The molecule has 1 N–H and O–H groups in total. The van der Waals surface area contributed by atoms with E-state index in [2.05, 4.69) is 40.9 Å². The standard InChI is InChI=1S/C13H24N4/c1-13(2,3)14-9-8-12-16-15-11-7-5-4-6-10-17(11)12/h14H,4-10H2,1-3H3. The van der Waals surface area contributed by atoms with E-state index in [9.17, 15) is 0 Å². The lowest BCUT2D eigenvalue weighted by atomic mass is 10.1. The molecule has 1 aromatic rings. The van der Waals surface area contributed by atoms with Gasteiger partial charge in [0.05, 0.1) is 0 Å². The average Bonchev–Trinajstić information content (AvgIpc) is 2.47. The molecule has 0 radical (unpaired) electrons. The van der Waals surface area contributed by atoms with Crippen molar-refractivity contribution in [3.8, 4) is 0 Å². The normalized spacial score (nSPS) is 16.6. The minimum Gasteiger partial charge on any atom is -0.315 e. The van der Waals surface area contributed by atoms with Gasteiger partial charge < -0.3 is 9.88 Å². The highest BCUT2D eigenvalue weighted by atomic mass is 15.3. The van der Waals surface area contributed by atoms with Gasteiger partial charge in [-0.2, -0.15) is 0 Å². The van der Waals surface area contributed by atoms with Crippen molar-refractivity contribution in [2.45, 2.75) is 65.0 Å². The monoisotopic (exact) mass is 236 g/mol. The predicted octanol–water partition coefficient (Wildman–Crippen LogP) is 1.94. The van der Waals surface area contributed by atoms with Gasteiger partial charge in [0.2, 0.25) is 0 Å². The fourth-order valence-electron chi connectivity index (χ4n) is 2.28. The highest BCUT2D eigenvalue weighted by Crippen LogP contribution is 2.14. The quantitative estimate of drug-likeness (QED) is 0.872. The Labute approximate surface area is 104 Å². The summed E-state index contributed by atoms with van der Waals surface area (Å²) in [5, 5.41) is 12.2. The van der Waals surface area contributed by atoms with Crippen molar-refractivity contribution in [1.82, 2.24) is 20.1 Å². The van der Waals surface area contributed by atoms with Crippen molar-refractivity contribution in [2.24, 2.45) is 0 Å². The van der Waals surface area contributed by atoms with E-state index in [-0.39, 0.29) is 5.54 Å². The van der Waals surface area contributed by atoms with Crippen LogP contribution in [0.15, 0.2) is 0 Å². The predicted molar refractivity (Wildman–Crippen MR) is 69.0 cm³/mol. The molecule has 0 atom stereocenters. The zero-order valence-electron chi connectivity index (χ0n) is 11.3. The number of nitrogens with one attached hydrogen (secondary N) is 1. The Morgan fingerprint density at radius 1 is 1.18 bits per heavy atom. The van der Waals surface area contributed by atoms with E-state index in [0.29, 0.717) is 0 Å². The van der Waals surface area contributed by atoms with E-state index in [1.165, 1.54) is 25.1 Å². The van der Waals surface area contributed by atoms with Crippen LogP contribution in [-0.4, -0.2) is 26.8 Å². The summed E-state index contributed by atoms with van der Waals surface area (Å²) in [5.74, 6) is 2.34. The maximum absolute atomic E-state index is 4.33. The third-order valence-electron chi connectivity index (χ3n) is 3.19. The van der Waals surface area contributed by atoms with Crippen LogP contribution in [0, 0.1) is 0 Å². The zero-order chi connectivity index (χ0) is 12.3. The highest BCUT2D eigenvalue weighted by Gasteiger charge is 2.15.